The summed E-state index contributed by atoms with van der Waals surface area (Å²) in [6.45, 7) is -0.0127. The van der Waals surface area contributed by atoms with Crippen molar-refractivity contribution in [2.75, 3.05) is 11.9 Å². The van der Waals surface area contributed by atoms with Crippen LogP contribution in [0.15, 0.2) is 100 Å². The Bertz CT molecular complexity index is 1530. The van der Waals surface area contributed by atoms with E-state index in [9.17, 15) is 14.4 Å². The van der Waals surface area contributed by atoms with Gasteiger partial charge in [-0.25, -0.2) is 0 Å². The molecule has 0 bridgehead atoms. The number of carbonyl (C=O) groups excluding carboxylic acids is 3. The maximum absolute atomic E-state index is 13.0. The van der Waals surface area contributed by atoms with Crippen LogP contribution in [0.3, 0.4) is 0 Å². The van der Waals surface area contributed by atoms with E-state index >= 15 is 0 Å². The van der Waals surface area contributed by atoms with E-state index in [1.807, 2.05) is 48.5 Å². The van der Waals surface area contributed by atoms with Gasteiger partial charge in [0.15, 0.2) is 0 Å². The molecule has 0 aliphatic carbocycles. The molecule has 0 aromatic heterocycles. The van der Waals surface area contributed by atoms with Crippen molar-refractivity contribution in [2.24, 2.45) is 0 Å². The van der Waals surface area contributed by atoms with Gasteiger partial charge in [0, 0.05) is 15.7 Å². The van der Waals surface area contributed by atoms with Crippen LogP contribution in [0.5, 0.6) is 5.75 Å². The first kappa shape index (κ1) is 24.8. The molecule has 1 N–H and O–H groups in total. The molecular formula is C29H21BrN2O4S. The lowest BCUT2D eigenvalue weighted by Gasteiger charge is -2.13. The maximum Gasteiger partial charge on any atom is 0.294 e. The number of carbonyl (C=O) groups is 3. The number of para-hydroxylation sites is 1. The van der Waals surface area contributed by atoms with Crippen LogP contribution < -0.4 is 10.1 Å². The summed E-state index contributed by atoms with van der Waals surface area (Å²) in [6, 6.07) is 28.6. The number of thioether (sulfide) groups is 1. The van der Waals surface area contributed by atoms with Gasteiger partial charge in [-0.3, -0.25) is 19.3 Å². The van der Waals surface area contributed by atoms with Gasteiger partial charge in [0.2, 0.25) is 5.91 Å². The molecule has 0 atom stereocenters. The average Bonchev–Trinajstić information content (AvgIpc) is 3.16. The summed E-state index contributed by atoms with van der Waals surface area (Å²) in [7, 11) is 0. The highest BCUT2D eigenvalue weighted by Gasteiger charge is 2.36. The lowest BCUT2D eigenvalue weighted by molar-refractivity contribution is -0.127. The predicted octanol–water partition coefficient (Wildman–Crippen LogP) is 6.86. The number of imide groups is 1. The molecule has 1 heterocycles. The zero-order valence-corrected chi connectivity index (χ0v) is 21.9. The Morgan fingerprint density at radius 3 is 2.49 bits per heavy atom. The number of amides is 3. The van der Waals surface area contributed by atoms with E-state index in [-0.39, 0.29) is 11.4 Å². The molecule has 1 aliphatic heterocycles. The SMILES string of the molecule is O=C(CN1C(=O)S/C(=C\c2ccccc2OCc2cccc3ccccc23)C1=O)Nc1ccc(Br)cc1. The molecule has 37 heavy (non-hydrogen) atoms. The van der Waals surface area contributed by atoms with Crippen LogP contribution in [0.25, 0.3) is 16.8 Å². The van der Waals surface area contributed by atoms with Gasteiger partial charge < -0.3 is 10.1 Å². The zero-order valence-electron chi connectivity index (χ0n) is 19.5. The fourth-order valence-corrected chi connectivity index (χ4v) is 5.05. The molecule has 6 nitrogen and oxygen atoms in total. The third kappa shape index (κ3) is 5.76. The summed E-state index contributed by atoms with van der Waals surface area (Å²) >= 11 is 4.15. The Labute approximate surface area is 226 Å². The van der Waals surface area contributed by atoms with Crippen LogP contribution in [0.1, 0.15) is 11.1 Å². The molecule has 0 saturated carbocycles. The number of ether oxygens (including phenoxy) is 1. The van der Waals surface area contributed by atoms with Crippen molar-refractivity contribution in [1.82, 2.24) is 4.90 Å². The van der Waals surface area contributed by atoms with E-state index < -0.39 is 17.1 Å². The highest BCUT2D eigenvalue weighted by Crippen LogP contribution is 2.34. The summed E-state index contributed by atoms with van der Waals surface area (Å²) in [5, 5.41) is 4.46. The molecule has 4 aromatic carbocycles. The van der Waals surface area contributed by atoms with Gasteiger partial charge in [0.25, 0.3) is 11.1 Å². The summed E-state index contributed by atoms with van der Waals surface area (Å²) in [6.07, 6.45) is 1.63. The average molecular weight is 573 g/mol. The minimum absolute atomic E-state index is 0.239. The summed E-state index contributed by atoms with van der Waals surface area (Å²) in [4.78, 5) is 39.2. The second-order valence-corrected chi connectivity index (χ2v) is 10.2. The molecule has 1 saturated heterocycles. The highest BCUT2D eigenvalue weighted by molar-refractivity contribution is 9.10. The van der Waals surface area contributed by atoms with Gasteiger partial charge in [0.05, 0.1) is 4.91 Å². The summed E-state index contributed by atoms with van der Waals surface area (Å²) in [5.41, 5.74) is 2.30. The van der Waals surface area contributed by atoms with Crippen molar-refractivity contribution in [3.05, 3.63) is 112 Å². The predicted molar refractivity (Wildman–Crippen MR) is 150 cm³/mol. The molecule has 0 unspecified atom stereocenters. The third-order valence-electron chi connectivity index (χ3n) is 5.77. The van der Waals surface area contributed by atoms with Gasteiger partial charge in [-0.2, -0.15) is 0 Å². The summed E-state index contributed by atoms with van der Waals surface area (Å²) in [5.74, 6) is -0.371. The molecule has 5 rings (SSSR count). The lowest BCUT2D eigenvalue weighted by Crippen LogP contribution is -2.36. The second kappa shape index (κ2) is 11.0. The first-order valence-corrected chi connectivity index (χ1v) is 13.1. The Morgan fingerprint density at radius 1 is 0.919 bits per heavy atom. The molecule has 1 fully saturated rings. The first-order chi connectivity index (χ1) is 18.0. The monoisotopic (exact) mass is 572 g/mol. The molecule has 0 radical (unpaired) electrons. The number of nitrogens with one attached hydrogen (secondary N) is 1. The van der Waals surface area contributed by atoms with Crippen LogP contribution in [0, 0.1) is 0 Å². The van der Waals surface area contributed by atoms with E-state index in [0.29, 0.717) is 23.6 Å². The number of nitrogens with zero attached hydrogens (tertiary/aromatic N) is 1. The quantitative estimate of drug-likeness (QED) is 0.245. The van der Waals surface area contributed by atoms with Crippen molar-refractivity contribution < 1.29 is 19.1 Å². The lowest BCUT2D eigenvalue weighted by atomic mass is 10.1. The minimum atomic E-state index is -0.509. The van der Waals surface area contributed by atoms with Crippen molar-refractivity contribution in [1.29, 1.82) is 0 Å². The topological polar surface area (TPSA) is 75.7 Å². The Balaban J connectivity index is 1.29. The first-order valence-electron chi connectivity index (χ1n) is 11.5. The molecule has 8 heteroatoms. The fraction of sp³-hybridized carbons (Fsp3) is 0.0690. The number of benzene rings is 4. The summed E-state index contributed by atoms with van der Waals surface area (Å²) < 4.78 is 7.02. The van der Waals surface area contributed by atoms with Gasteiger partial charge in [-0.1, -0.05) is 76.6 Å². The van der Waals surface area contributed by atoms with Crippen LogP contribution in [0.2, 0.25) is 0 Å². The standard InChI is InChI=1S/C29H21BrN2O4S/c30-22-12-14-23(15-13-22)31-27(33)17-32-28(34)26(37-29(32)35)16-20-7-2-4-11-25(20)36-18-21-9-5-8-19-6-1-3-10-24(19)21/h1-16H,17-18H2,(H,31,33)/b26-16-. The maximum atomic E-state index is 13.0. The highest BCUT2D eigenvalue weighted by atomic mass is 79.9. The van der Waals surface area contributed by atoms with E-state index in [1.54, 1.807) is 30.3 Å². The number of rotatable bonds is 7. The molecule has 184 valence electrons. The largest absolute Gasteiger partial charge is 0.488 e. The molecule has 0 spiro atoms. The number of anilines is 1. The molecule has 4 aromatic rings. The Hall–Kier alpha value is -3.88. The van der Waals surface area contributed by atoms with Crippen molar-refractivity contribution in [3.8, 4) is 5.75 Å². The Kier molecular flexibility index (Phi) is 7.39. The smallest absolute Gasteiger partial charge is 0.294 e. The van der Waals surface area contributed by atoms with Gasteiger partial charge in [0.1, 0.15) is 18.9 Å². The molecular weight excluding hydrogens is 552 g/mol. The van der Waals surface area contributed by atoms with E-state index in [4.69, 9.17) is 4.74 Å². The van der Waals surface area contributed by atoms with Gasteiger partial charge in [-0.05, 0) is 64.5 Å². The number of fused-ring (bicyclic) bond motifs is 1. The van der Waals surface area contributed by atoms with Gasteiger partial charge in [-0.15, -0.1) is 0 Å². The zero-order chi connectivity index (χ0) is 25.8. The van der Waals surface area contributed by atoms with Crippen molar-refractivity contribution >= 4 is 67.3 Å². The van der Waals surface area contributed by atoms with Crippen LogP contribution in [0.4, 0.5) is 10.5 Å². The fourth-order valence-electron chi connectivity index (χ4n) is 3.96. The minimum Gasteiger partial charge on any atom is -0.488 e. The molecule has 3 amide bonds. The normalized spacial score (nSPS) is 14.4. The van der Waals surface area contributed by atoms with Gasteiger partial charge >= 0.3 is 0 Å². The second-order valence-electron chi connectivity index (χ2n) is 8.29. The van der Waals surface area contributed by atoms with Crippen LogP contribution >= 0.6 is 27.7 Å². The number of hydrogen-bond acceptors (Lipinski definition) is 5. The van der Waals surface area contributed by atoms with E-state index in [0.717, 1.165) is 37.5 Å². The number of hydrogen-bond donors (Lipinski definition) is 1. The Morgan fingerprint density at radius 2 is 1.65 bits per heavy atom. The molecule has 1 aliphatic rings. The number of halogens is 1. The van der Waals surface area contributed by atoms with E-state index in [1.165, 1.54) is 0 Å². The van der Waals surface area contributed by atoms with Crippen LogP contribution in [-0.2, 0) is 16.2 Å². The third-order valence-corrected chi connectivity index (χ3v) is 7.21. The van der Waals surface area contributed by atoms with Crippen LogP contribution in [-0.4, -0.2) is 28.5 Å². The van der Waals surface area contributed by atoms with Crippen molar-refractivity contribution in [2.45, 2.75) is 6.61 Å². The van der Waals surface area contributed by atoms with E-state index in [2.05, 4.69) is 39.4 Å². The van der Waals surface area contributed by atoms with Crippen molar-refractivity contribution in [3.63, 3.8) is 0 Å².